The van der Waals surface area contributed by atoms with Crippen molar-refractivity contribution < 1.29 is 4.79 Å². The second-order valence-corrected chi connectivity index (χ2v) is 6.72. The van der Waals surface area contributed by atoms with E-state index in [1.54, 1.807) is 10.7 Å². The van der Waals surface area contributed by atoms with E-state index < -0.39 is 0 Å². The fourth-order valence-corrected chi connectivity index (χ4v) is 3.45. The van der Waals surface area contributed by atoms with Crippen molar-refractivity contribution in [2.45, 2.75) is 39.7 Å². The van der Waals surface area contributed by atoms with Gasteiger partial charge in [0.05, 0.1) is 11.9 Å². The molecule has 3 aromatic heterocycles. The van der Waals surface area contributed by atoms with Crippen molar-refractivity contribution >= 4 is 17.4 Å². The predicted octanol–water partition coefficient (Wildman–Crippen LogP) is 2.36. The molecular formula is C17H20N6O. The topological polar surface area (TPSA) is 77.1 Å². The van der Waals surface area contributed by atoms with Gasteiger partial charge in [-0.2, -0.15) is 10.2 Å². The summed E-state index contributed by atoms with van der Waals surface area (Å²) in [5.41, 5.74) is 3.79. The summed E-state index contributed by atoms with van der Waals surface area (Å²) in [5, 5.41) is 12.0. The summed E-state index contributed by atoms with van der Waals surface area (Å²) >= 11 is 0. The SMILES string of the molecule is Cc1nn(CC(C)C)c2c1[C@@H](c1cnn3cccnc13)CC(=O)N2. The smallest absolute Gasteiger partial charge is 0.226 e. The molecule has 0 spiro atoms. The fraction of sp³-hybridized carbons (Fsp3) is 0.412. The van der Waals surface area contributed by atoms with Gasteiger partial charge in [0, 0.05) is 42.4 Å². The molecule has 0 aromatic carbocycles. The summed E-state index contributed by atoms with van der Waals surface area (Å²) in [4.78, 5) is 16.8. The Balaban J connectivity index is 1.87. The van der Waals surface area contributed by atoms with Gasteiger partial charge in [0.15, 0.2) is 5.65 Å². The Hall–Kier alpha value is -2.70. The van der Waals surface area contributed by atoms with Gasteiger partial charge in [-0.3, -0.25) is 4.79 Å². The Morgan fingerprint density at radius 1 is 1.42 bits per heavy atom. The van der Waals surface area contributed by atoms with Crippen molar-refractivity contribution in [1.82, 2.24) is 24.4 Å². The molecule has 0 fully saturated rings. The van der Waals surface area contributed by atoms with Crippen LogP contribution < -0.4 is 5.32 Å². The number of hydrogen-bond donors (Lipinski definition) is 1. The van der Waals surface area contributed by atoms with Crippen LogP contribution in [-0.4, -0.2) is 30.3 Å². The highest BCUT2D eigenvalue weighted by molar-refractivity contribution is 5.95. The predicted molar refractivity (Wildman–Crippen MR) is 89.9 cm³/mol. The molecule has 0 unspecified atom stereocenters. The largest absolute Gasteiger partial charge is 0.311 e. The highest BCUT2D eigenvalue weighted by Crippen LogP contribution is 2.40. The van der Waals surface area contributed by atoms with Gasteiger partial charge in [-0.15, -0.1) is 0 Å². The molecule has 0 aliphatic carbocycles. The number of anilines is 1. The Morgan fingerprint density at radius 3 is 3.04 bits per heavy atom. The summed E-state index contributed by atoms with van der Waals surface area (Å²) in [6.07, 6.45) is 5.82. The molecule has 1 atom stereocenters. The minimum atomic E-state index is -0.0675. The van der Waals surface area contributed by atoms with Gasteiger partial charge in [-0.05, 0) is 18.9 Å². The maximum absolute atomic E-state index is 12.3. The summed E-state index contributed by atoms with van der Waals surface area (Å²) in [6, 6.07) is 1.84. The number of hydrogen-bond acceptors (Lipinski definition) is 4. The van der Waals surface area contributed by atoms with Crippen LogP contribution in [0.1, 0.15) is 43.0 Å². The van der Waals surface area contributed by atoms with Gasteiger partial charge >= 0.3 is 0 Å². The van der Waals surface area contributed by atoms with Crippen molar-refractivity contribution in [2.24, 2.45) is 5.92 Å². The molecule has 0 saturated carbocycles. The number of amides is 1. The number of nitrogens with one attached hydrogen (secondary N) is 1. The van der Waals surface area contributed by atoms with E-state index in [9.17, 15) is 4.79 Å². The zero-order chi connectivity index (χ0) is 16.8. The number of carbonyl (C=O) groups is 1. The standard InChI is InChI=1S/C17H20N6O/c1-10(2)9-23-17-15(11(3)21-23)12(7-14(24)20-17)13-8-19-22-6-4-5-18-16(13)22/h4-6,8,10,12H,7,9H2,1-3H3,(H,20,24)/t12-/m1/s1. The number of aromatic nitrogens is 5. The minimum Gasteiger partial charge on any atom is -0.311 e. The third kappa shape index (κ3) is 2.28. The molecule has 3 aromatic rings. The molecule has 0 radical (unpaired) electrons. The van der Waals surface area contributed by atoms with E-state index in [4.69, 9.17) is 0 Å². The summed E-state index contributed by atoms with van der Waals surface area (Å²) in [6.45, 7) is 7.05. The molecule has 1 aliphatic heterocycles. The van der Waals surface area contributed by atoms with E-state index in [2.05, 4.69) is 34.3 Å². The second-order valence-electron chi connectivity index (χ2n) is 6.72. The average Bonchev–Trinajstić information content (AvgIpc) is 3.08. The van der Waals surface area contributed by atoms with Crippen LogP contribution in [0.15, 0.2) is 24.7 Å². The van der Waals surface area contributed by atoms with Crippen molar-refractivity contribution in [2.75, 3.05) is 5.32 Å². The monoisotopic (exact) mass is 324 g/mol. The zero-order valence-corrected chi connectivity index (χ0v) is 14.0. The molecule has 0 bridgehead atoms. The summed E-state index contributed by atoms with van der Waals surface area (Å²) in [5.74, 6) is 1.21. The van der Waals surface area contributed by atoms with Crippen molar-refractivity contribution in [3.63, 3.8) is 0 Å². The van der Waals surface area contributed by atoms with E-state index >= 15 is 0 Å². The Labute approximate surface area is 139 Å². The second kappa shape index (κ2) is 5.43. The van der Waals surface area contributed by atoms with E-state index in [0.717, 1.165) is 34.8 Å². The lowest BCUT2D eigenvalue weighted by Gasteiger charge is -2.23. The van der Waals surface area contributed by atoms with Crippen LogP contribution in [0.3, 0.4) is 0 Å². The minimum absolute atomic E-state index is 0.00712. The van der Waals surface area contributed by atoms with Gasteiger partial charge in [-0.1, -0.05) is 13.8 Å². The molecule has 1 amide bonds. The first-order valence-corrected chi connectivity index (χ1v) is 8.20. The molecule has 7 heteroatoms. The van der Waals surface area contributed by atoms with Gasteiger partial charge in [-0.25, -0.2) is 14.2 Å². The number of carbonyl (C=O) groups excluding carboxylic acids is 1. The lowest BCUT2D eigenvalue weighted by atomic mass is 9.87. The Kier molecular flexibility index (Phi) is 3.37. The van der Waals surface area contributed by atoms with Crippen LogP contribution in [0.25, 0.3) is 5.65 Å². The summed E-state index contributed by atoms with van der Waals surface area (Å²) in [7, 11) is 0. The Morgan fingerprint density at radius 2 is 2.25 bits per heavy atom. The van der Waals surface area contributed by atoms with Gasteiger partial charge in [0.2, 0.25) is 5.91 Å². The van der Waals surface area contributed by atoms with E-state index in [1.807, 2.05) is 30.1 Å². The number of rotatable bonds is 3. The van der Waals surface area contributed by atoms with E-state index in [0.29, 0.717) is 12.3 Å². The molecule has 1 N–H and O–H groups in total. The van der Waals surface area contributed by atoms with Crippen LogP contribution in [0.5, 0.6) is 0 Å². The van der Waals surface area contributed by atoms with E-state index in [-0.39, 0.29) is 11.8 Å². The highest BCUT2D eigenvalue weighted by atomic mass is 16.1. The van der Waals surface area contributed by atoms with Gasteiger partial charge in [0.25, 0.3) is 0 Å². The third-order valence-electron chi connectivity index (χ3n) is 4.39. The maximum atomic E-state index is 12.3. The van der Waals surface area contributed by atoms with Gasteiger partial charge < -0.3 is 5.32 Å². The molecule has 7 nitrogen and oxygen atoms in total. The molecule has 1 aliphatic rings. The zero-order valence-electron chi connectivity index (χ0n) is 14.0. The Bertz CT molecular complexity index is 922. The van der Waals surface area contributed by atoms with Crippen LogP contribution in [-0.2, 0) is 11.3 Å². The average molecular weight is 324 g/mol. The summed E-state index contributed by atoms with van der Waals surface area (Å²) < 4.78 is 3.66. The number of nitrogens with zero attached hydrogens (tertiary/aromatic N) is 5. The van der Waals surface area contributed by atoms with Crippen LogP contribution in [0, 0.1) is 12.8 Å². The third-order valence-corrected chi connectivity index (χ3v) is 4.39. The quantitative estimate of drug-likeness (QED) is 0.802. The first-order valence-electron chi connectivity index (χ1n) is 8.20. The van der Waals surface area contributed by atoms with Crippen molar-refractivity contribution in [3.05, 3.63) is 41.5 Å². The maximum Gasteiger partial charge on any atom is 0.226 e. The first-order chi connectivity index (χ1) is 11.5. The lowest BCUT2D eigenvalue weighted by molar-refractivity contribution is -0.116. The first kappa shape index (κ1) is 14.9. The normalized spacial score (nSPS) is 17.3. The molecule has 4 rings (SSSR count). The van der Waals surface area contributed by atoms with Crippen LogP contribution >= 0.6 is 0 Å². The van der Waals surface area contributed by atoms with Gasteiger partial charge in [0.1, 0.15) is 5.82 Å². The number of aryl methyl sites for hydroxylation is 1. The number of fused-ring (bicyclic) bond motifs is 2. The highest BCUT2D eigenvalue weighted by Gasteiger charge is 2.34. The molecular weight excluding hydrogens is 304 g/mol. The molecule has 124 valence electrons. The van der Waals surface area contributed by atoms with E-state index in [1.165, 1.54) is 0 Å². The van der Waals surface area contributed by atoms with Crippen molar-refractivity contribution in [1.29, 1.82) is 0 Å². The fourth-order valence-electron chi connectivity index (χ4n) is 3.45. The van der Waals surface area contributed by atoms with Crippen molar-refractivity contribution in [3.8, 4) is 0 Å². The van der Waals surface area contributed by atoms with Crippen LogP contribution in [0.2, 0.25) is 0 Å². The lowest BCUT2D eigenvalue weighted by Crippen LogP contribution is -2.25. The molecule has 4 heterocycles. The van der Waals surface area contributed by atoms with Crippen LogP contribution in [0.4, 0.5) is 5.82 Å². The molecule has 0 saturated heterocycles. The molecule has 24 heavy (non-hydrogen) atoms.